The monoisotopic (exact) mass is 821 g/mol. The molecule has 0 spiro atoms. The molecule has 0 saturated heterocycles. The van der Waals surface area contributed by atoms with Gasteiger partial charge in [0, 0.05) is 63.1 Å². The Hall–Kier alpha value is -5.87. The summed E-state index contributed by atoms with van der Waals surface area (Å²) < 4.78 is 4.20. The largest absolute Gasteiger partial charge is 0.373 e. The molecule has 50 heavy (non-hydrogen) atoms. The number of rotatable bonds is 5. The zero-order chi connectivity index (χ0) is 33.0. The molecule has 5 heteroatoms. The minimum atomic E-state index is 0. The number of hydrogen-bond donors (Lipinski definition) is 0. The molecule has 0 saturated carbocycles. The Kier molecular flexibility index (Phi) is 9.61. The second-order valence-electron chi connectivity index (χ2n) is 11.8. The van der Waals surface area contributed by atoms with E-state index in [2.05, 4.69) is 137 Å². The van der Waals surface area contributed by atoms with Crippen LogP contribution in [0.4, 0.5) is 0 Å². The van der Waals surface area contributed by atoms with Crippen molar-refractivity contribution in [2.75, 3.05) is 0 Å². The first-order chi connectivity index (χ1) is 24.3. The zero-order valence-electron chi connectivity index (χ0n) is 27.4. The van der Waals surface area contributed by atoms with Crippen LogP contribution in [0.1, 0.15) is 0 Å². The summed E-state index contributed by atoms with van der Waals surface area (Å²) in [6.07, 6.45) is 7.66. The predicted molar refractivity (Wildman–Crippen MR) is 201 cm³/mol. The molecule has 0 N–H and O–H groups in total. The van der Waals surface area contributed by atoms with Gasteiger partial charge in [0.05, 0.1) is 17.3 Å². The molecule has 4 nitrogen and oxygen atoms in total. The van der Waals surface area contributed by atoms with Crippen LogP contribution in [0.2, 0.25) is 0 Å². The smallest absolute Gasteiger partial charge is 0.0603 e. The molecule has 7 aromatic carbocycles. The topological polar surface area (TPSA) is 35.6 Å². The van der Waals surface area contributed by atoms with Crippen LogP contribution in [0.15, 0.2) is 176 Å². The summed E-state index contributed by atoms with van der Waals surface area (Å²) in [4.78, 5) is 9.01. The van der Waals surface area contributed by atoms with E-state index in [0.29, 0.717) is 0 Å². The van der Waals surface area contributed by atoms with E-state index >= 15 is 0 Å². The van der Waals surface area contributed by atoms with Crippen LogP contribution in [0.3, 0.4) is 0 Å². The number of hydrogen-bond acceptors (Lipinski definition) is 2. The van der Waals surface area contributed by atoms with Crippen molar-refractivity contribution in [3.8, 4) is 50.7 Å². The summed E-state index contributed by atoms with van der Waals surface area (Å²) >= 11 is 0. The third kappa shape index (κ3) is 6.33. The van der Waals surface area contributed by atoms with Crippen molar-refractivity contribution in [1.29, 1.82) is 0 Å². The molecule has 0 aliphatic carbocycles. The van der Waals surface area contributed by atoms with Gasteiger partial charge in [0.15, 0.2) is 0 Å². The molecule has 9 aromatic rings. The summed E-state index contributed by atoms with van der Waals surface area (Å²) in [6.45, 7) is 0. The Morgan fingerprint density at radius 1 is 0.460 bits per heavy atom. The van der Waals surface area contributed by atoms with Crippen LogP contribution >= 0.6 is 0 Å². The zero-order valence-corrected chi connectivity index (χ0v) is 29.8. The molecule has 2 aromatic heterocycles. The predicted octanol–water partition coefficient (Wildman–Crippen LogP) is 10.9. The fourth-order valence-electron chi connectivity index (χ4n) is 6.53. The van der Waals surface area contributed by atoms with Crippen molar-refractivity contribution in [1.82, 2.24) is 19.1 Å². The van der Waals surface area contributed by atoms with Gasteiger partial charge in [-0.05, 0) is 32.7 Å². The van der Waals surface area contributed by atoms with Crippen molar-refractivity contribution in [2.24, 2.45) is 7.05 Å². The van der Waals surface area contributed by atoms with Crippen molar-refractivity contribution in [3.05, 3.63) is 189 Å². The SMILES string of the molecule is Cn1ccnc1-c1[c-]cccc1.[Ir].[c-]1ccccc1-c1nccn1-c1c(-c2cccc3ccccc23)cccc1-c1cccc2ccccc12. The van der Waals surface area contributed by atoms with Crippen LogP contribution in [-0.4, -0.2) is 19.1 Å². The van der Waals surface area contributed by atoms with E-state index in [9.17, 15) is 0 Å². The average molecular weight is 821 g/mol. The molecule has 0 aliphatic heterocycles. The molecule has 2 heterocycles. The molecular weight excluding hydrogens is 789 g/mol. The summed E-state index contributed by atoms with van der Waals surface area (Å²) in [5, 5.41) is 4.91. The third-order valence-corrected chi connectivity index (χ3v) is 8.80. The number of para-hydroxylation sites is 1. The van der Waals surface area contributed by atoms with E-state index in [1.165, 1.54) is 32.7 Å². The van der Waals surface area contributed by atoms with Crippen LogP contribution in [0.25, 0.3) is 72.3 Å². The Labute approximate surface area is 305 Å². The third-order valence-electron chi connectivity index (χ3n) is 8.80. The fraction of sp³-hybridized carbons (Fsp3) is 0.0222. The van der Waals surface area contributed by atoms with Gasteiger partial charge in [-0.1, -0.05) is 103 Å². The van der Waals surface area contributed by atoms with E-state index in [0.717, 1.165) is 39.6 Å². The number of fused-ring (bicyclic) bond motifs is 2. The number of aryl methyl sites for hydroxylation is 1. The van der Waals surface area contributed by atoms with Crippen LogP contribution in [0.5, 0.6) is 0 Å². The summed E-state index contributed by atoms with van der Waals surface area (Å²) in [5.74, 6) is 1.82. The van der Waals surface area contributed by atoms with Crippen LogP contribution < -0.4 is 0 Å². The molecule has 0 aliphatic rings. The first kappa shape index (κ1) is 32.7. The minimum absolute atomic E-state index is 0. The van der Waals surface area contributed by atoms with Crippen molar-refractivity contribution in [2.45, 2.75) is 0 Å². The number of imidazole rings is 2. The molecule has 9 rings (SSSR count). The van der Waals surface area contributed by atoms with E-state index in [1.807, 2.05) is 66.5 Å². The number of aromatic nitrogens is 4. The number of nitrogens with zero attached hydrogens (tertiary/aromatic N) is 4. The van der Waals surface area contributed by atoms with Crippen molar-refractivity contribution in [3.63, 3.8) is 0 Å². The fourth-order valence-corrected chi connectivity index (χ4v) is 6.53. The van der Waals surface area contributed by atoms with E-state index < -0.39 is 0 Å². The van der Waals surface area contributed by atoms with Crippen molar-refractivity contribution < 1.29 is 20.1 Å². The molecule has 0 amide bonds. The van der Waals surface area contributed by atoms with Crippen LogP contribution in [0, 0.1) is 12.1 Å². The standard InChI is InChI=1S/C35H23N2.C10H9N2.Ir/c1-2-13-27(14-3-1)35-36-23-24-37(35)34-32(30-19-8-15-25-11-4-6-17-28(25)30)21-10-22-33(34)31-20-9-16-26-12-5-7-18-29(26)31;1-12-8-7-11-10(12)9-5-3-2-4-6-9;/h1-13,15-24H;2-5,7-8H,1H3;/q2*-1;. The van der Waals surface area contributed by atoms with E-state index in [4.69, 9.17) is 4.98 Å². The second-order valence-corrected chi connectivity index (χ2v) is 11.8. The molecule has 0 bridgehead atoms. The van der Waals surface area contributed by atoms with Gasteiger partial charge in [0.1, 0.15) is 0 Å². The first-order valence-corrected chi connectivity index (χ1v) is 16.3. The Morgan fingerprint density at radius 3 is 1.46 bits per heavy atom. The van der Waals surface area contributed by atoms with Gasteiger partial charge in [0.2, 0.25) is 0 Å². The Morgan fingerprint density at radius 2 is 0.920 bits per heavy atom. The Balaban J connectivity index is 0.000000255. The maximum absolute atomic E-state index is 4.79. The maximum Gasteiger partial charge on any atom is 0.0603 e. The van der Waals surface area contributed by atoms with Gasteiger partial charge in [0.25, 0.3) is 0 Å². The van der Waals surface area contributed by atoms with E-state index in [-0.39, 0.29) is 20.1 Å². The van der Waals surface area contributed by atoms with Gasteiger partial charge >= 0.3 is 0 Å². The second kappa shape index (κ2) is 14.7. The van der Waals surface area contributed by atoms with E-state index in [1.54, 1.807) is 6.20 Å². The van der Waals surface area contributed by atoms with Gasteiger partial charge in [-0.25, -0.2) is 0 Å². The summed E-state index contributed by atoms with van der Waals surface area (Å²) in [6, 6.07) is 59.3. The summed E-state index contributed by atoms with van der Waals surface area (Å²) in [5.41, 5.74) is 7.84. The molecule has 243 valence electrons. The van der Waals surface area contributed by atoms with Gasteiger partial charge in [-0.2, -0.15) is 0 Å². The number of benzene rings is 7. The molecule has 0 unspecified atom stereocenters. The minimum Gasteiger partial charge on any atom is -0.373 e. The van der Waals surface area contributed by atoms with Gasteiger partial charge < -0.3 is 9.13 Å². The normalized spacial score (nSPS) is 10.7. The summed E-state index contributed by atoms with van der Waals surface area (Å²) in [7, 11) is 1.98. The molecule has 1 radical (unpaired) electrons. The first-order valence-electron chi connectivity index (χ1n) is 16.3. The molecule has 0 fully saturated rings. The average Bonchev–Trinajstić information content (AvgIpc) is 3.84. The quantitative estimate of drug-likeness (QED) is 0.162. The maximum atomic E-state index is 4.79. The molecular formula is C45H32IrN4-2. The van der Waals surface area contributed by atoms with Crippen molar-refractivity contribution >= 4 is 21.5 Å². The van der Waals surface area contributed by atoms with Gasteiger partial charge in [-0.15, -0.1) is 71.8 Å². The molecule has 0 atom stereocenters. The Bertz CT molecular complexity index is 2410. The van der Waals surface area contributed by atoms with Gasteiger partial charge in [-0.3, -0.25) is 9.97 Å². The van der Waals surface area contributed by atoms with Crippen LogP contribution in [-0.2, 0) is 27.2 Å².